The van der Waals surface area contributed by atoms with E-state index in [4.69, 9.17) is 0 Å². The van der Waals surface area contributed by atoms with Crippen LogP contribution in [0.2, 0.25) is 0 Å². The number of nitrogens with zero attached hydrogens (tertiary/aromatic N) is 1. The van der Waals surface area contributed by atoms with Crippen LogP contribution >= 0.6 is 0 Å². The van der Waals surface area contributed by atoms with Crippen LogP contribution in [0.15, 0.2) is 24.5 Å². The van der Waals surface area contributed by atoms with Crippen LogP contribution in [0.5, 0.6) is 0 Å². The minimum atomic E-state index is -0.417. The van der Waals surface area contributed by atoms with Crippen LogP contribution in [0, 0.1) is 0 Å². The molecular weight excluding hydrogens is 226 g/mol. The van der Waals surface area contributed by atoms with Gasteiger partial charge >= 0.3 is 0 Å². The van der Waals surface area contributed by atoms with Crippen LogP contribution < -0.4 is 10.6 Å². The first kappa shape index (κ1) is 13.0. The number of carbonyl (C=O) groups excluding carboxylic acids is 1. The first-order valence-electron chi connectivity index (χ1n) is 6.58. The van der Waals surface area contributed by atoms with Crippen molar-refractivity contribution < 1.29 is 4.79 Å². The third-order valence-electron chi connectivity index (χ3n) is 3.67. The smallest absolute Gasteiger partial charge is 0.240 e. The fourth-order valence-electron chi connectivity index (χ4n) is 2.34. The van der Waals surface area contributed by atoms with E-state index in [0.717, 1.165) is 31.4 Å². The van der Waals surface area contributed by atoms with E-state index < -0.39 is 5.54 Å². The predicted molar refractivity (Wildman–Crippen MR) is 71.1 cm³/mol. The quantitative estimate of drug-likeness (QED) is 0.856. The van der Waals surface area contributed by atoms with E-state index in [2.05, 4.69) is 15.6 Å². The van der Waals surface area contributed by atoms with E-state index in [1.165, 1.54) is 0 Å². The van der Waals surface area contributed by atoms with Gasteiger partial charge in [-0.3, -0.25) is 9.78 Å². The molecule has 2 heterocycles. The Balaban J connectivity index is 1.98. The summed E-state index contributed by atoms with van der Waals surface area (Å²) in [4.78, 5) is 16.3. The summed E-state index contributed by atoms with van der Waals surface area (Å²) in [6, 6.07) is 3.88. The lowest BCUT2D eigenvalue weighted by Crippen LogP contribution is -2.57. The van der Waals surface area contributed by atoms with E-state index in [1.54, 1.807) is 12.4 Å². The Morgan fingerprint density at radius 2 is 2.17 bits per heavy atom. The molecule has 1 saturated heterocycles. The van der Waals surface area contributed by atoms with Gasteiger partial charge in [0.1, 0.15) is 0 Å². The molecule has 2 rings (SSSR count). The zero-order valence-corrected chi connectivity index (χ0v) is 11.1. The molecular formula is C14H21N3O. The molecule has 4 nitrogen and oxygen atoms in total. The summed E-state index contributed by atoms with van der Waals surface area (Å²) in [6.07, 6.45) is 6.67. The van der Waals surface area contributed by atoms with Gasteiger partial charge in [-0.15, -0.1) is 0 Å². The SMILES string of the molecule is CC(NC(=O)C1(C)CCCCN1)c1ccncc1. The van der Waals surface area contributed by atoms with Crippen molar-refractivity contribution in [3.05, 3.63) is 30.1 Å². The van der Waals surface area contributed by atoms with Crippen molar-refractivity contribution in [3.63, 3.8) is 0 Å². The first-order chi connectivity index (χ1) is 8.62. The Morgan fingerprint density at radius 3 is 2.78 bits per heavy atom. The summed E-state index contributed by atoms with van der Waals surface area (Å²) in [6.45, 7) is 4.91. The maximum absolute atomic E-state index is 12.3. The van der Waals surface area contributed by atoms with Crippen molar-refractivity contribution in [1.29, 1.82) is 0 Å². The Morgan fingerprint density at radius 1 is 1.44 bits per heavy atom. The third kappa shape index (κ3) is 2.88. The number of nitrogens with one attached hydrogen (secondary N) is 2. The zero-order valence-electron chi connectivity index (χ0n) is 11.1. The summed E-state index contributed by atoms with van der Waals surface area (Å²) < 4.78 is 0. The average Bonchev–Trinajstić information content (AvgIpc) is 2.40. The highest BCUT2D eigenvalue weighted by Crippen LogP contribution is 2.20. The highest BCUT2D eigenvalue weighted by atomic mass is 16.2. The van der Waals surface area contributed by atoms with Crippen LogP contribution in [0.3, 0.4) is 0 Å². The van der Waals surface area contributed by atoms with Gasteiger partial charge in [0.25, 0.3) is 0 Å². The Bertz CT molecular complexity index is 399. The molecule has 0 bridgehead atoms. The van der Waals surface area contributed by atoms with Gasteiger partial charge in [0.15, 0.2) is 0 Å². The molecule has 0 saturated carbocycles. The molecule has 2 unspecified atom stereocenters. The third-order valence-corrected chi connectivity index (χ3v) is 3.67. The number of rotatable bonds is 3. The highest BCUT2D eigenvalue weighted by molar-refractivity contribution is 5.86. The minimum Gasteiger partial charge on any atom is -0.348 e. The predicted octanol–water partition coefficient (Wildman–Crippen LogP) is 1.79. The van der Waals surface area contributed by atoms with Gasteiger partial charge in [0.2, 0.25) is 5.91 Å². The normalized spacial score (nSPS) is 25.4. The fraction of sp³-hybridized carbons (Fsp3) is 0.571. The standard InChI is InChI=1S/C14H21N3O/c1-11(12-5-9-15-10-6-12)17-13(18)14(2)7-3-4-8-16-14/h5-6,9-11,16H,3-4,7-8H2,1-2H3,(H,17,18). The van der Waals surface area contributed by atoms with Crippen molar-refractivity contribution in [2.24, 2.45) is 0 Å². The summed E-state index contributed by atoms with van der Waals surface area (Å²) in [7, 11) is 0. The molecule has 0 aliphatic carbocycles. The number of piperidine rings is 1. The van der Waals surface area contributed by atoms with Crippen LogP contribution in [0.4, 0.5) is 0 Å². The second kappa shape index (κ2) is 5.48. The largest absolute Gasteiger partial charge is 0.348 e. The van der Waals surface area contributed by atoms with E-state index in [1.807, 2.05) is 26.0 Å². The Hall–Kier alpha value is -1.42. The summed E-state index contributed by atoms with van der Waals surface area (Å²) >= 11 is 0. The molecule has 98 valence electrons. The molecule has 0 spiro atoms. The number of aromatic nitrogens is 1. The van der Waals surface area contributed by atoms with Gasteiger partial charge in [-0.05, 0) is 57.4 Å². The average molecular weight is 247 g/mol. The molecule has 4 heteroatoms. The minimum absolute atomic E-state index is 0.0149. The van der Waals surface area contributed by atoms with Crippen molar-refractivity contribution in [2.45, 2.75) is 44.7 Å². The molecule has 2 atom stereocenters. The van der Waals surface area contributed by atoms with E-state index in [9.17, 15) is 4.79 Å². The maximum Gasteiger partial charge on any atom is 0.240 e. The number of carbonyl (C=O) groups is 1. The van der Waals surface area contributed by atoms with Crippen LogP contribution in [-0.4, -0.2) is 23.0 Å². The Labute approximate surface area is 108 Å². The first-order valence-corrected chi connectivity index (χ1v) is 6.58. The van der Waals surface area contributed by atoms with Crippen molar-refractivity contribution in [2.75, 3.05) is 6.54 Å². The monoisotopic (exact) mass is 247 g/mol. The molecule has 1 aliphatic heterocycles. The molecule has 2 N–H and O–H groups in total. The number of amides is 1. The van der Waals surface area contributed by atoms with Crippen LogP contribution in [0.1, 0.15) is 44.7 Å². The molecule has 1 aliphatic rings. The highest BCUT2D eigenvalue weighted by Gasteiger charge is 2.34. The van der Waals surface area contributed by atoms with Gasteiger partial charge in [-0.1, -0.05) is 0 Å². The van der Waals surface area contributed by atoms with E-state index in [-0.39, 0.29) is 11.9 Å². The van der Waals surface area contributed by atoms with Crippen LogP contribution in [-0.2, 0) is 4.79 Å². The van der Waals surface area contributed by atoms with Gasteiger partial charge in [-0.2, -0.15) is 0 Å². The van der Waals surface area contributed by atoms with E-state index >= 15 is 0 Å². The molecule has 1 fully saturated rings. The van der Waals surface area contributed by atoms with Crippen LogP contribution in [0.25, 0.3) is 0 Å². The summed E-state index contributed by atoms with van der Waals surface area (Å²) in [5, 5.41) is 6.40. The van der Waals surface area contributed by atoms with Gasteiger partial charge in [0.05, 0.1) is 11.6 Å². The second-order valence-electron chi connectivity index (χ2n) is 5.19. The van der Waals surface area contributed by atoms with Crippen molar-refractivity contribution in [1.82, 2.24) is 15.6 Å². The van der Waals surface area contributed by atoms with Gasteiger partial charge in [-0.25, -0.2) is 0 Å². The zero-order chi connectivity index (χ0) is 13.0. The molecule has 1 amide bonds. The second-order valence-corrected chi connectivity index (χ2v) is 5.19. The lowest BCUT2D eigenvalue weighted by atomic mass is 9.89. The van der Waals surface area contributed by atoms with Gasteiger partial charge < -0.3 is 10.6 Å². The molecule has 1 aromatic rings. The molecule has 1 aromatic heterocycles. The van der Waals surface area contributed by atoms with Gasteiger partial charge in [0, 0.05) is 12.4 Å². The number of pyridine rings is 1. The fourth-order valence-corrected chi connectivity index (χ4v) is 2.34. The summed E-state index contributed by atoms with van der Waals surface area (Å²) in [5.74, 6) is 0.0894. The summed E-state index contributed by atoms with van der Waals surface area (Å²) in [5.41, 5.74) is 0.664. The van der Waals surface area contributed by atoms with E-state index in [0.29, 0.717) is 0 Å². The Kier molecular flexibility index (Phi) is 3.97. The number of hydrogen-bond donors (Lipinski definition) is 2. The van der Waals surface area contributed by atoms with Crippen molar-refractivity contribution >= 4 is 5.91 Å². The molecule has 18 heavy (non-hydrogen) atoms. The molecule has 0 radical (unpaired) electrons. The number of hydrogen-bond acceptors (Lipinski definition) is 3. The molecule has 0 aromatic carbocycles. The van der Waals surface area contributed by atoms with Crippen molar-refractivity contribution in [3.8, 4) is 0 Å². The lowest BCUT2D eigenvalue weighted by Gasteiger charge is -2.34. The topological polar surface area (TPSA) is 54.0 Å². The maximum atomic E-state index is 12.3. The lowest BCUT2D eigenvalue weighted by molar-refractivity contribution is -0.128.